The summed E-state index contributed by atoms with van der Waals surface area (Å²) in [5.41, 5.74) is 9.40. The third kappa shape index (κ3) is 2.13. The average molecular weight is 320 g/mol. The largest absolute Gasteiger partial charge is 0.383 e. The molecule has 0 aliphatic heterocycles. The molecule has 0 saturated carbocycles. The summed E-state index contributed by atoms with van der Waals surface area (Å²) in [5, 5.41) is 0. The third-order valence-corrected chi connectivity index (χ3v) is 4.27. The van der Waals surface area contributed by atoms with Crippen LogP contribution >= 0.6 is 15.9 Å². The minimum atomic E-state index is 0.252. The quantitative estimate of drug-likeness (QED) is 0.944. The molecule has 98 valence electrons. The van der Waals surface area contributed by atoms with Crippen LogP contribution in [0, 0.1) is 0 Å². The molecule has 1 heterocycles. The standard InChI is InChI=1S/C14H14BrN3O/c1-19-7-11-12(15)13(16)18-14(17-11)10-6-8-4-2-3-5-9(8)10/h2-5,10H,6-7H2,1H3,(H2,16,17,18). The van der Waals surface area contributed by atoms with Crippen LogP contribution < -0.4 is 5.73 Å². The first-order valence-electron chi connectivity index (χ1n) is 6.09. The van der Waals surface area contributed by atoms with Gasteiger partial charge in [-0.2, -0.15) is 0 Å². The molecular weight excluding hydrogens is 306 g/mol. The highest BCUT2D eigenvalue weighted by Gasteiger charge is 2.30. The van der Waals surface area contributed by atoms with Gasteiger partial charge >= 0.3 is 0 Å². The summed E-state index contributed by atoms with van der Waals surface area (Å²) < 4.78 is 5.87. The number of hydrogen-bond acceptors (Lipinski definition) is 4. The van der Waals surface area contributed by atoms with Crippen molar-refractivity contribution in [2.24, 2.45) is 0 Å². The van der Waals surface area contributed by atoms with Crippen LogP contribution in [0.2, 0.25) is 0 Å². The molecular formula is C14H14BrN3O. The highest BCUT2D eigenvalue weighted by atomic mass is 79.9. The molecule has 0 amide bonds. The first-order valence-corrected chi connectivity index (χ1v) is 6.88. The predicted molar refractivity (Wildman–Crippen MR) is 76.8 cm³/mol. The van der Waals surface area contributed by atoms with Gasteiger partial charge in [-0.15, -0.1) is 0 Å². The molecule has 1 aromatic heterocycles. The number of methoxy groups -OCH3 is 1. The van der Waals surface area contributed by atoms with E-state index in [0.29, 0.717) is 12.4 Å². The second-order valence-electron chi connectivity index (χ2n) is 4.62. The smallest absolute Gasteiger partial charge is 0.141 e. The number of aromatic nitrogens is 2. The Kier molecular flexibility index (Phi) is 3.24. The van der Waals surface area contributed by atoms with Gasteiger partial charge in [-0.3, -0.25) is 0 Å². The molecule has 1 aliphatic carbocycles. The van der Waals surface area contributed by atoms with Gasteiger partial charge in [0.05, 0.1) is 16.8 Å². The van der Waals surface area contributed by atoms with Gasteiger partial charge in [-0.05, 0) is 33.5 Å². The van der Waals surface area contributed by atoms with E-state index in [1.807, 2.05) is 6.07 Å². The van der Waals surface area contributed by atoms with E-state index < -0.39 is 0 Å². The molecule has 1 unspecified atom stereocenters. The maximum Gasteiger partial charge on any atom is 0.141 e. The summed E-state index contributed by atoms with van der Waals surface area (Å²) >= 11 is 3.41. The molecule has 1 aliphatic rings. The fraction of sp³-hybridized carbons (Fsp3) is 0.286. The highest BCUT2D eigenvalue weighted by Crippen LogP contribution is 2.39. The van der Waals surface area contributed by atoms with Gasteiger partial charge < -0.3 is 10.5 Å². The van der Waals surface area contributed by atoms with Gasteiger partial charge in [-0.1, -0.05) is 24.3 Å². The number of benzene rings is 1. The van der Waals surface area contributed by atoms with Crippen LogP contribution in [0.3, 0.4) is 0 Å². The van der Waals surface area contributed by atoms with Crippen molar-refractivity contribution < 1.29 is 4.74 Å². The lowest BCUT2D eigenvalue weighted by Crippen LogP contribution is -2.21. The normalized spacial score (nSPS) is 16.8. The van der Waals surface area contributed by atoms with Crippen LogP contribution in [0.25, 0.3) is 0 Å². The van der Waals surface area contributed by atoms with Crippen LogP contribution in [0.5, 0.6) is 0 Å². The molecule has 3 rings (SSSR count). The molecule has 0 saturated heterocycles. The molecule has 2 N–H and O–H groups in total. The van der Waals surface area contributed by atoms with Gasteiger partial charge in [0, 0.05) is 13.0 Å². The summed E-state index contributed by atoms with van der Waals surface area (Å²) in [6.45, 7) is 0.425. The first-order chi connectivity index (χ1) is 9.20. The zero-order valence-corrected chi connectivity index (χ0v) is 12.1. The Morgan fingerprint density at radius 1 is 1.37 bits per heavy atom. The van der Waals surface area contributed by atoms with Gasteiger partial charge in [0.15, 0.2) is 0 Å². The maximum absolute atomic E-state index is 5.93. The van der Waals surface area contributed by atoms with E-state index in [2.05, 4.69) is 44.1 Å². The Labute approximate surface area is 120 Å². The number of nitrogen functional groups attached to an aromatic ring is 1. The van der Waals surface area contributed by atoms with Crippen LogP contribution in [-0.4, -0.2) is 17.1 Å². The number of ether oxygens (including phenoxy) is 1. The first kappa shape index (κ1) is 12.6. The topological polar surface area (TPSA) is 61.0 Å². The summed E-state index contributed by atoms with van der Waals surface area (Å²) in [6, 6.07) is 8.37. The molecule has 0 radical (unpaired) electrons. The van der Waals surface area contributed by atoms with E-state index >= 15 is 0 Å². The zero-order chi connectivity index (χ0) is 13.4. The van der Waals surface area contributed by atoms with Crippen molar-refractivity contribution in [2.45, 2.75) is 18.9 Å². The molecule has 5 heteroatoms. The lowest BCUT2D eigenvalue weighted by Gasteiger charge is -2.29. The van der Waals surface area contributed by atoms with Crippen molar-refractivity contribution in [3.63, 3.8) is 0 Å². The number of halogens is 1. The van der Waals surface area contributed by atoms with E-state index in [0.717, 1.165) is 22.4 Å². The van der Waals surface area contributed by atoms with Crippen molar-refractivity contribution in [1.82, 2.24) is 9.97 Å². The lowest BCUT2D eigenvalue weighted by molar-refractivity contribution is 0.180. The molecule has 0 bridgehead atoms. The number of nitrogens with zero attached hydrogens (tertiary/aromatic N) is 2. The summed E-state index contributed by atoms with van der Waals surface area (Å²) in [5.74, 6) is 1.51. The fourth-order valence-electron chi connectivity index (χ4n) is 2.41. The molecule has 0 fully saturated rings. The van der Waals surface area contributed by atoms with Crippen molar-refractivity contribution in [3.8, 4) is 0 Å². The van der Waals surface area contributed by atoms with Crippen molar-refractivity contribution >= 4 is 21.7 Å². The van der Waals surface area contributed by atoms with Crippen LogP contribution in [0.1, 0.15) is 28.6 Å². The van der Waals surface area contributed by atoms with E-state index in [-0.39, 0.29) is 5.92 Å². The Bertz CT molecular complexity index is 630. The lowest BCUT2D eigenvalue weighted by atomic mass is 9.77. The number of anilines is 1. The molecule has 19 heavy (non-hydrogen) atoms. The SMILES string of the molecule is COCc1nc(C2Cc3ccccc32)nc(N)c1Br. The van der Waals surface area contributed by atoms with Crippen molar-refractivity contribution in [3.05, 3.63) is 51.4 Å². The number of rotatable bonds is 3. The van der Waals surface area contributed by atoms with Crippen LogP contribution in [0.4, 0.5) is 5.82 Å². The van der Waals surface area contributed by atoms with E-state index in [4.69, 9.17) is 10.5 Å². The van der Waals surface area contributed by atoms with E-state index in [9.17, 15) is 0 Å². The molecule has 4 nitrogen and oxygen atoms in total. The van der Waals surface area contributed by atoms with Gasteiger partial charge in [0.25, 0.3) is 0 Å². The summed E-state index contributed by atoms with van der Waals surface area (Å²) in [4.78, 5) is 8.98. The van der Waals surface area contributed by atoms with Gasteiger partial charge in [0.1, 0.15) is 11.6 Å². The van der Waals surface area contributed by atoms with Gasteiger partial charge in [-0.25, -0.2) is 9.97 Å². The second-order valence-corrected chi connectivity index (χ2v) is 5.41. The highest BCUT2D eigenvalue weighted by molar-refractivity contribution is 9.10. The van der Waals surface area contributed by atoms with Crippen molar-refractivity contribution in [1.29, 1.82) is 0 Å². The summed E-state index contributed by atoms with van der Waals surface area (Å²) in [7, 11) is 1.64. The average Bonchev–Trinajstić information content (AvgIpc) is 2.37. The number of fused-ring (bicyclic) bond motifs is 1. The Morgan fingerprint density at radius 2 is 2.16 bits per heavy atom. The minimum Gasteiger partial charge on any atom is -0.383 e. The van der Waals surface area contributed by atoms with Crippen LogP contribution in [-0.2, 0) is 17.8 Å². The monoisotopic (exact) mass is 319 g/mol. The van der Waals surface area contributed by atoms with Crippen LogP contribution in [0.15, 0.2) is 28.7 Å². The molecule has 1 aromatic carbocycles. The Balaban J connectivity index is 1.99. The maximum atomic E-state index is 5.93. The minimum absolute atomic E-state index is 0.252. The van der Waals surface area contributed by atoms with E-state index in [1.54, 1.807) is 7.11 Å². The molecule has 0 spiro atoms. The number of hydrogen-bond donors (Lipinski definition) is 1. The van der Waals surface area contributed by atoms with Gasteiger partial charge in [0.2, 0.25) is 0 Å². The predicted octanol–water partition coefficient (Wildman–Crippen LogP) is 2.66. The molecule has 1 atom stereocenters. The zero-order valence-electron chi connectivity index (χ0n) is 10.6. The Morgan fingerprint density at radius 3 is 2.89 bits per heavy atom. The third-order valence-electron chi connectivity index (χ3n) is 3.41. The fourth-order valence-corrected chi connectivity index (χ4v) is 2.70. The van der Waals surface area contributed by atoms with E-state index in [1.165, 1.54) is 11.1 Å². The summed E-state index contributed by atoms with van der Waals surface area (Å²) in [6.07, 6.45) is 0.976. The number of nitrogens with two attached hydrogens (primary N) is 1. The van der Waals surface area contributed by atoms with Crippen molar-refractivity contribution in [2.75, 3.05) is 12.8 Å². The second kappa shape index (κ2) is 4.90. The molecule has 2 aromatic rings. The Hall–Kier alpha value is -1.46.